The molecule has 3 aromatic rings. The van der Waals surface area contributed by atoms with Gasteiger partial charge in [0.25, 0.3) is 5.56 Å². The van der Waals surface area contributed by atoms with Gasteiger partial charge in [-0.1, -0.05) is 6.42 Å². The lowest BCUT2D eigenvalue weighted by Crippen LogP contribution is -2.46. The summed E-state index contributed by atoms with van der Waals surface area (Å²) in [5, 5.41) is 9.05. The van der Waals surface area contributed by atoms with Gasteiger partial charge in [0.2, 0.25) is 0 Å². The SMILES string of the molecule is O=c1cc2c(nn1CCN1CCCCC1CNc1ncnc3ncccc13)CCOC2. The fourth-order valence-corrected chi connectivity index (χ4v) is 4.47. The summed E-state index contributed by atoms with van der Waals surface area (Å²) in [6, 6.07) is 5.96. The summed E-state index contributed by atoms with van der Waals surface area (Å²) >= 11 is 0. The molecule has 1 fully saturated rings. The number of nitrogens with one attached hydrogen (secondary N) is 1. The third kappa shape index (κ3) is 4.42. The first-order valence-corrected chi connectivity index (χ1v) is 11.0. The second-order valence-electron chi connectivity index (χ2n) is 8.14. The van der Waals surface area contributed by atoms with Crippen LogP contribution in [0.1, 0.15) is 30.5 Å². The van der Waals surface area contributed by atoms with Crippen molar-refractivity contribution < 1.29 is 4.74 Å². The van der Waals surface area contributed by atoms with E-state index in [1.807, 2.05) is 12.1 Å². The number of likely N-dealkylation sites (tertiary alicyclic amines) is 1. The van der Waals surface area contributed by atoms with Crippen molar-refractivity contribution in [3.8, 4) is 0 Å². The topological polar surface area (TPSA) is 98.1 Å². The monoisotopic (exact) mass is 421 g/mol. The second kappa shape index (κ2) is 9.07. The van der Waals surface area contributed by atoms with Crippen LogP contribution >= 0.6 is 0 Å². The first-order chi connectivity index (χ1) is 15.3. The van der Waals surface area contributed by atoms with E-state index in [4.69, 9.17) is 4.74 Å². The summed E-state index contributed by atoms with van der Waals surface area (Å²) in [7, 11) is 0. The number of rotatable bonds is 6. The quantitative estimate of drug-likeness (QED) is 0.641. The number of pyridine rings is 1. The molecule has 0 aromatic carbocycles. The third-order valence-corrected chi connectivity index (χ3v) is 6.17. The fraction of sp³-hybridized carbons (Fsp3) is 0.500. The molecule has 5 heterocycles. The van der Waals surface area contributed by atoms with Gasteiger partial charge in [-0.05, 0) is 31.5 Å². The van der Waals surface area contributed by atoms with Gasteiger partial charge in [0.05, 0.1) is 30.8 Å². The highest BCUT2D eigenvalue weighted by Crippen LogP contribution is 2.20. The first kappa shape index (κ1) is 20.0. The third-order valence-electron chi connectivity index (χ3n) is 6.17. The smallest absolute Gasteiger partial charge is 0.267 e. The van der Waals surface area contributed by atoms with Crippen molar-refractivity contribution in [2.24, 2.45) is 0 Å². The Hall–Kier alpha value is -2.91. The van der Waals surface area contributed by atoms with Gasteiger partial charge in [-0.15, -0.1) is 0 Å². The molecular weight excluding hydrogens is 394 g/mol. The van der Waals surface area contributed by atoms with Crippen LogP contribution in [0.15, 0.2) is 35.5 Å². The predicted molar refractivity (Wildman–Crippen MR) is 117 cm³/mol. The van der Waals surface area contributed by atoms with Crippen molar-refractivity contribution in [2.75, 3.05) is 31.6 Å². The minimum atomic E-state index is -0.0455. The van der Waals surface area contributed by atoms with Crippen molar-refractivity contribution in [3.63, 3.8) is 0 Å². The minimum Gasteiger partial charge on any atom is -0.376 e. The molecule has 0 amide bonds. The van der Waals surface area contributed by atoms with E-state index < -0.39 is 0 Å². The van der Waals surface area contributed by atoms with E-state index in [2.05, 4.69) is 30.3 Å². The van der Waals surface area contributed by atoms with Crippen LogP contribution in [0, 0.1) is 0 Å². The number of aromatic nitrogens is 5. The van der Waals surface area contributed by atoms with Gasteiger partial charge in [0.15, 0.2) is 5.65 Å². The van der Waals surface area contributed by atoms with E-state index in [9.17, 15) is 4.79 Å². The number of anilines is 1. The number of piperidine rings is 1. The van der Waals surface area contributed by atoms with E-state index in [-0.39, 0.29) is 5.56 Å². The molecule has 1 atom stereocenters. The maximum Gasteiger partial charge on any atom is 0.267 e. The minimum absolute atomic E-state index is 0.0455. The molecule has 1 unspecified atom stereocenters. The van der Waals surface area contributed by atoms with Crippen LogP contribution < -0.4 is 10.9 Å². The number of ether oxygens (including phenoxy) is 1. The Balaban J connectivity index is 1.25. The normalized spacial score (nSPS) is 19.3. The van der Waals surface area contributed by atoms with Gasteiger partial charge in [-0.25, -0.2) is 19.6 Å². The lowest BCUT2D eigenvalue weighted by molar-refractivity contribution is 0.107. The highest BCUT2D eigenvalue weighted by molar-refractivity contribution is 5.85. The molecular formula is C22H27N7O2. The van der Waals surface area contributed by atoms with Crippen molar-refractivity contribution in [1.29, 1.82) is 0 Å². The number of fused-ring (bicyclic) bond motifs is 2. The van der Waals surface area contributed by atoms with E-state index in [0.717, 1.165) is 54.9 Å². The molecule has 162 valence electrons. The van der Waals surface area contributed by atoms with E-state index >= 15 is 0 Å². The van der Waals surface area contributed by atoms with Gasteiger partial charge < -0.3 is 10.1 Å². The molecule has 0 aliphatic carbocycles. The van der Waals surface area contributed by atoms with E-state index in [1.165, 1.54) is 12.8 Å². The summed E-state index contributed by atoms with van der Waals surface area (Å²) in [5.41, 5.74) is 2.57. The molecule has 9 heteroatoms. The van der Waals surface area contributed by atoms with Gasteiger partial charge >= 0.3 is 0 Å². The van der Waals surface area contributed by atoms with Crippen LogP contribution in [-0.2, 0) is 24.3 Å². The van der Waals surface area contributed by atoms with Gasteiger partial charge in [0.1, 0.15) is 12.1 Å². The average molecular weight is 422 g/mol. The Morgan fingerprint density at radius 3 is 3.13 bits per heavy atom. The molecule has 3 aromatic heterocycles. The molecule has 2 aliphatic rings. The molecule has 1 saturated heterocycles. The number of nitrogens with zero attached hydrogens (tertiary/aromatic N) is 6. The standard InChI is InChI=1S/C22H27N7O2/c30-20-12-16-14-31-11-6-19(16)27-29(20)10-9-28-8-2-1-4-17(28)13-24-22-18-5-3-7-23-21(18)25-15-26-22/h3,5,7,12,15,17H,1-2,4,6,8-11,13-14H2,(H,23,24,25,26). The second-order valence-corrected chi connectivity index (χ2v) is 8.14. The molecule has 0 bridgehead atoms. The summed E-state index contributed by atoms with van der Waals surface area (Å²) in [6.45, 7) is 4.40. The van der Waals surface area contributed by atoms with Crippen LogP contribution in [0.5, 0.6) is 0 Å². The Kier molecular flexibility index (Phi) is 5.86. The van der Waals surface area contributed by atoms with Crippen LogP contribution in [-0.4, -0.2) is 61.9 Å². The summed E-state index contributed by atoms with van der Waals surface area (Å²) in [5.74, 6) is 0.818. The molecule has 0 radical (unpaired) electrons. The lowest BCUT2D eigenvalue weighted by atomic mass is 10.0. The predicted octanol–water partition coefficient (Wildman–Crippen LogP) is 1.62. The van der Waals surface area contributed by atoms with Gasteiger partial charge in [-0.3, -0.25) is 9.69 Å². The maximum atomic E-state index is 12.5. The van der Waals surface area contributed by atoms with Crippen molar-refractivity contribution >= 4 is 16.9 Å². The molecule has 2 aliphatic heterocycles. The van der Waals surface area contributed by atoms with Crippen molar-refractivity contribution in [3.05, 3.63) is 52.3 Å². The maximum absolute atomic E-state index is 12.5. The number of hydrogen-bond donors (Lipinski definition) is 1. The van der Waals surface area contributed by atoms with Crippen LogP contribution in [0.4, 0.5) is 5.82 Å². The Bertz CT molecular complexity index is 1110. The lowest BCUT2D eigenvalue weighted by Gasteiger charge is -2.36. The van der Waals surface area contributed by atoms with Gasteiger partial charge in [-0.2, -0.15) is 5.10 Å². The highest BCUT2D eigenvalue weighted by Gasteiger charge is 2.23. The molecule has 1 N–H and O–H groups in total. The van der Waals surface area contributed by atoms with E-state index in [1.54, 1.807) is 23.3 Å². The summed E-state index contributed by atoms with van der Waals surface area (Å²) in [6.07, 6.45) is 7.58. The van der Waals surface area contributed by atoms with E-state index in [0.29, 0.717) is 31.4 Å². The largest absolute Gasteiger partial charge is 0.376 e. The Labute approximate surface area is 180 Å². The highest BCUT2D eigenvalue weighted by atomic mass is 16.5. The van der Waals surface area contributed by atoms with Crippen LogP contribution in [0.2, 0.25) is 0 Å². The Morgan fingerprint density at radius 1 is 1.19 bits per heavy atom. The molecule has 9 nitrogen and oxygen atoms in total. The first-order valence-electron chi connectivity index (χ1n) is 11.0. The summed E-state index contributed by atoms with van der Waals surface area (Å²) < 4.78 is 7.05. The zero-order chi connectivity index (χ0) is 21.0. The fourth-order valence-electron chi connectivity index (χ4n) is 4.47. The molecule has 0 saturated carbocycles. The van der Waals surface area contributed by atoms with Gasteiger partial charge in [0, 0.05) is 43.4 Å². The van der Waals surface area contributed by atoms with Crippen LogP contribution in [0.25, 0.3) is 11.0 Å². The molecule has 31 heavy (non-hydrogen) atoms. The van der Waals surface area contributed by atoms with Crippen LogP contribution in [0.3, 0.4) is 0 Å². The van der Waals surface area contributed by atoms with Crippen molar-refractivity contribution in [2.45, 2.75) is 44.9 Å². The van der Waals surface area contributed by atoms with Crippen molar-refractivity contribution in [1.82, 2.24) is 29.6 Å². The average Bonchev–Trinajstić information content (AvgIpc) is 2.82. The molecule has 0 spiro atoms. The zero-order valence-corrected chi connectivity index (χ0v) is 17.5. The summed E-state index contributed by atoms with van der Waals surface area (Å²) in [4.78, 5) is 27.9. The molecule has 5 rings (SSSR count). The number of hydrogen-bond acceptors (Lipinski definition) is 8. The Morgan fingerprint density at radius 2 is 2.16 bits per heavy atom. The zero-order valence-electron chi connectivity index (χ0n) is 17.5.